The second kappa shape index (κ2) is 4.41. The lowest BCUT2D eigenvalue weighted by molar-refractivity contribution is 0.112. The van der Waals surface area contributed by atoms with Gasteiger partial charge in [-0.1, -0.05) is 13.3 Å². The molecule has 0 aliphatic rings. The molecule has 0 unspecified atom stereocenters. The highest BCUT2D eigenvalue weighted by molar-refractivity contribution is 7.13. The van der Waals surface area contributed by atoms with E-state index in [0.29, 0.717) is 0 Å². The summed E-state index contributed by atoms with van der Waals surface area (Å²) in [6, 6.07) is 2.02. The summed E-state index contributed by atoms with van der Waals surface area (Å²) >= 11 is 1.60. The van der Waals surface area contributed by atoms with Gasteiger partial charge in [0.25, 0.3) is 0 Å². The summed E-state index contributed by atoms with van der Waals surface area (Å²) in [5.41, 5.74) is 1.35. The molecule has 0 bridgehead atoms. The Morgan fingerprint density at radius 2 is 2.33 bits per heavy atom. The third-order valence-corrected chi connectivity index (χ3v) is 2.97. The highest BCUT2D eigenvalue weighted by Crippen LogP contribution is 2.21. The highest BCUT2D eigenvalue weighted by atomic mass is 32.1. The number of aryl methyl sites for hydroxylation is 2. The molecule has 1 aromatic rings. The highest BCUT2D eigenvalue weighted by Gasteiger charge is 2.03. The number of aldehydes is 1. The maximum Gasteiger partial charge on any atom is 0.160 e. The third-order valence-electron chi connectivity index (χ3n) is 1.96. The first-order valence-electron chi connectivity index (χ1n) is 4.32. The van der Waals surface area contributed by atoms with Crippen LogP contribution in [0, 0.1) is 6.92 Å². The van der Waals surface area contributed by atoms with Gasteiger partial charge < -0.3 is 0 Å². The number of carbonyl (C=O) groups is 1. The first-order valence-corrected chi connectivity index (χ1v) is 5.14. The van der Waals surface area contributed by atoms with Crippen LogP contribution in [0.5, 0.6) is 0 Å². The van der Waals surface area contributed by atoms with Crippen LogP contribution in [0.2, 0.25) is 0 Å². The predicted octanol–water partition coefficient (Wildman–Crippen LogP) is 3.21. The van der Waals surface area contributed by atoms with E-state index >= 15 is 0 Å². The minimum atomic E-state index is 0.860. The van der Waals surface area contributed by atoms with Crippen LogP contribution in [0.1, 0.15) is 39.9 Å². The molecule has 0 radical (unpaired) electrons. The van der Waals surface area contributed by atoms with E-state index in [1.807, 2.05) is 6.07 Å². The molecule has 1 heterocycles. The molecule has 66 valence electrons. The van der Waals surface area contributed by atoms with E-state index in [0.717, 1.165) is 17.6 Å². The molecule has 0 N–H and O–H groups in total. The van der Waals surface area contributed by atoms with Crippen molar-refractivity contribution in [3.63, 3.8) is 0 Å². The van der Waals surface area contributed by atoms with Crippen LogP contribution in [0.15, 0.2) is 6.07 Å². The average molecular weight is 182 g/mol. The van der Waals surface area contributed by atoms with E-state index in [2.05, 4.69) is 13.8 Å². The van der Waals surface area contributed by atoms with Crippen molar-refractivity contribution in [2.24, 2.45) is 0 Å². The molecule has 1 rings (SSSR count). The molecule has 0 saturated heterocycles. The van der Waals surface area contributed by atoms with Crippen molar-refractivity contribution in [3.8, 4) is 0 Å². The van der Waals surface area contributed by atoms with Gasteiger partial charge in [0, 0.05) is 4.88 Å². The van der Waals surface area contributed by atoms with Crippen LogP contribution < -0.4 is 0 Å². The Labute approximate surface area is 77.4 Å². The summed E-state index contributed by atoms with van der Waals surface area (Å²) in [7, 11) is 0. The van der Waals surface area contributed by atoms with Crippen molar-refractivity contribution in [2.75, 3.05) is 0 Å². The monoisotopic (exact) mass is 182 g/mol. The standard InChI is InChI=1S/C10H14OS/c1-3-4-5-9-6-10(7-11)12-8(9)2/h6-7H,3-5H2,1-2H3. The van der Waals surface area contributed by atoms with Crippen molar-refractivity contribution in [3.05, 3.63) is 21.4 Å². The molecule has 1 aromatic heterocycles. The minimum absolute atomic E-state index is 0.860. The minimum Gasteiger partial charge on any atom is -0.297 e. The molecule has 2 heteroatoms. The Kier molecular flexibility index (Phi) is 3.48. The normalized spacial score (nSPS) is 10.2. The largest absolute Gasteiger partial charge is 0.297 e. The van der Waals surface area contributed by atoms with E-state index in [1.165, 1.54) is 23.3 Å². The molecule has 1 nitrogen and oxygen atoms in total. The third kappa shape index (κ3) is 2.18. The molecule has 0 aromatic carbocycles. The van der Waals surface area contributed by atoms with E-state index in [-0.39, 0.29) is 0 Å². The Morgan fingerprint density at radius 3 is 2.83 bits per heavy atom. The summed E-state index contributed by atoms with van der Waals surface area (Å²) in [6.07, 6.45) is 4.49. The predicted molar refractivity (Wildman–Crippen MR) is 53.1 cm³/mol. The van der Waals surface area contributed by atoms with Crippen LogP contribution >= 0.6 is 11.3 Å². The van der Waals surface area contributed by atoms with E-state index < -0.39 is 0 Å². The van der Waals surface area contributed by atoms with E-state index in [9.17, 15) is 4.79 Å². The zero-order valence-electron chi connectivity index (χ0n) is 7.59. The van der Waals surface area contributed by atoms with Crippen molar-refractivity contribution < 1.29 is 4.79 Å². The number of unbranched alkanes of at least 4 members (excludes halogenated alkanes) is 1. The Balaban J connectivity index is 2.70. The molecular weight excluding hydrogens is 168 g/mol. The van der Waals surface area contributed by atoms with Crippen LogP contribution in [0.25, 0.3) is 0 Å². The van der Waals surface area contributed by atoms with Gasteiger partial charge in [-0.2, -0.15) is 0 Å². The zero-order chi connectivity index (χ0) is 8.97. The molecule has 0 fully saturated rings. The SMILES string of the molecule is CCCCc1cc(C=O)sc1C. The van der Waals surface area contributed by atoms with E-state index in [4.69, 9.17) is 0 Å². The zero-order valence-corrected chi connectivity index (χ0v) is 8.41. The second-order valence-corrected chi connectivity index (χ2v) is 4.24. The van der Waals surface area contributed by atoms with Crippen molar-refractivity contribution in [1.29, 1.82) is 0 Å². The maximum absolute atomic E-state index is 10.5. The Morgan fingerprint density at radius 1 is 1.58 bits per heavy atom. The fourth-order valence-corrected chi connectivity index (χ4v) is 2.11. The lowest BCUT2D eigenvalue weighted by atomic mass is 10.1. The van der Waals surface area contributed by atoms with Gasteiger partial charge in [0.2, 0.25) is 0 Å². The van der Waals surface area contributed by atoms with Gasteiger partial charge >= 0.3 is 0 Å². The summed E-state index contributed by atoms with van der Waals surface area (Å²) < 4.78 is 0. The molecule has 0 saturated carbocycles. The molecule has 0 aliphatic carbocycles. The van der Waals surface area contributed by atoms with Crippen molar-refractivity contribution in [1.82, 2.24) is 0 Å². The Bertz CT molecular complexity index is 263. The summed E-state index contributed by atoms with van der Waals surface area (Å²) in [4.78, 5) is 12.6. The van der Waals surface area contributed by atoms with Gasteiger partial charge in [-0.05, 0) is 31.4 Å². The summed E-state index contributed by atoms with van der Waals surface area (Å²) in [5.74, 6) is 0. The fraction of sp³-hybridized carbons (Fsp3) is 0.500. The van der Waals surface area contributed by atoms with Gasteiger partial charge in [-0.25, -0.2) is 0 Å². The van der Waals surface area contributed by atoms with Gasteiger partial charge in [0.05, 0.1) is 4.88 Å². The number of hydrogen-bond acceptors (Lipinski definition) is 2. The maximum atomic E-state index is 10.5. The molecular formula is C10H14OS. The Hall–Kier alpha value is -0.630. The van der Waals surface area contributed by atoms with Crippen molar-refractivity contribution >= 4 is 17.6 Å². The van der Waals surface area contributed by atoms with Crippen molar-refractivity contribution in [2.45, 2.75) is 33.1 Å². The second-order valence-electron chi connectivity index (χ2n) is 2.95. The number of thiophene rings is 1. The number of carbonyl (C=O) groups excluding carboxylic acids is 1. The first kappa shape index (κ1) is 9.46. The molecule has 0 spiro atoms. The van der Waals surface area contributed by atoms with Gasteiger partial charge in [0.1, 0.15) is 0 Å². The van der Waals surface area contributed by atoms with Gasteiger partial charge in [0.15, 0.2) is 6.29 Å². The fourth-order valence-electron chi connectivity index (χ4n) is 1.22. The number of hydrogen-bond donors (Lipinski definition) is 0. The lowest BCUT2D eigenvalue weighted by Gasteiger charge is -1.95. The molecule has 0 atom stereocenters. The molecule has 0 amide bonds. The summed E-state index contributed by atoms with van der Waals surface area (Å²) in [5, 5.41) is 0. The molecule has 12 heavy (non-hydrogen) atoms. The molecule has 0 aliphatic heterocycles. The van der Waals surface area contributed by atoms with Crippen LogP contribution in [-0.2, 0) is 6.42 Å². The smallest absolute Gasteiger partial charge is 0.160 e. The van der Waals surface area contributed by atoms with E-state index in [1.54, 1.807) is 11.3 Å². The summed E-state index contributed by atoms with van der Waals surface area (Å²) in [6.45, 7) is 4.27. The average Bonchev–Trinajstić information content (AvgIpc) is 2.43. The van der Waals surface area contributed by atoms with Gasteiger partial charge in [-0.3, -0.25) is 4.79 Å². The van der Waals surface area contributed by atoms with Gasteiger partial charge in [-0.15, -0.1) is 11.3 Å². The number of rotatable bonds is 4. The van der Waals surface area contributed by atoms with Crippen LogP contribution in [0.4, 0.5) is 0 Å². The lowest BCUT2D eigenvalue weighted by Crippen LogP contribution is -1.82. The van der Waals surface area contributed by atoms with Crippen LogP contribution in [-0.4, -0.2) is 6.29 Å². The first-order chi connectivity index (χ1) is 5.77. The quantitative estimate of drug-likeness (QED) is 0.653. The van der Waals surface area contributed by atoms with Crippen LogP contribution in [0.3, 0.4) is 0 Å². The topological polar surface area (TPSA) is 17.1 Å².